The minimum absolute atomic E-state index is 0.0143. The minimum atomic E-state index is -3.63. The fraction of sp³-hybridized carbons (Fsp3) is 0.333. The summed E-state index contributed by atoms with van der Waals surface area (Å²) in [6.07, 6.45) is 2.83. The summed E-state index contributed by atoms with van der Waals surface area (Å²) in [6, 6.07) is 6.90. The topological polar surface area (TPSA) is 72.0 Å². The van der Waals surface area contributed by atoms with Crippen LogP contribution >= 0.6 is 0 Å². The van der Waals surface area contributed by atoms with Crippen LogP contribution in [0.3, 0.4) is 0 Å². The number of benzene rings is 1. The first-order valence-electron chi connectivity index (χ1n) is 6.60. The number of hydrogen-bond donors (Lipinski definition) is 1. The second-order valence-electron chi connectivity index (χ2n) is 5.90. The van der Waals surface area contributed by atoms with Crippen LogP contribution in [0.25, 0.3) is 0 Å². The van der Waals surface area contributed by atoms with Crippen LogP contribution in [0, 0.1) is 6.92 Å². The third-order valence-electron chi connectivity index (χ3n) is 3.19. The summed E-state index contributed by atoms with van der Waals surface area (Å²) >= 11 is 0. The van der Waals surface area contributed by atoms with Crippen molar-refractivity contribution in [1.82, 2.24) is 9.97 Å². The largest absolute Gasteiger partial charge is 0.276 e. The highest BCUT2D eigenvalue weighted by Gasteiger charge is 2.18. The number of sulfonamides is 1. The van der Waals surface area contributed by atoms with Crippen LogP contribution in [0.15, 0.2) is 41.7 Å². The van der Waals surface area contributed by atoms with E-state index in [4.69, 9.17) is 0 Å². The molecule has 1 N–H and O–H groups in total. The SMILES string of the molecule is Cc1ncncc1NS(=O)(=O)c1ccc(C(C)(C)C)cc1. The molecule has 0 spiro atoms. The van der Waals surface area contributed by atoms with Crippen LogP contribution < -0.4 is 4.72 Å². The average Bonchev–Trinajstić information content (AvgIpc) is 2.40. The van der Waals surface area contributed by atoms with Gasteiger partial charge in [-0.25, -0.2) is 18.4 Å². The number of aryl methyl sites for hydroxylation is 1. The molecule has 0 atom stereocenters. The Morgan fingerprint density at radius 3 is 2.24 bits per heavy atom. The van der Waals surface area contributed by atoms with Crippen molar-refractivity contribution in [2.45, 2.75) is 38.0 Å². The lowest BCUT2D eigenvalue weighted by Crippen LogP contribution is -2.15. The van der Waals surface area contributed by atoms with Crippen LogP contribution in [0.4, 0.5) is 5.69 Å². The van der Waals surface area contributed by atoms with E-state index in [9.17, 15) is 8.42 Å². The zero-order valence-corrected chi connectivity index (χ0v) is 13.4. The van der Waals surface area contributed by atoms with Gasteiger partial charge in [0.25, 0.3) is 10.0 Å². The molecule has 1 heterocycles. The van der Waals surface area contributed by atoms with Crippen molar-refractivity contribution < 1.29 is 8.42 Å². The van der Waals surface area contributed by atoms with E-state index < -0.39 is 10.0 Å². The second kappa shape index (κ2) is 5.44. The Labute approximate surface area is 125 Å². The van der Waals surface area contributed by atoms with Crippen molar-refractivity contribution in [2.24, 2.45) is 0 Å². The van der Waals surface area contributed by atoms with E-state index in [1.54, 1.807) is 19.1 Å². The van der Waals surface area contributed by atoms with Gasteiger partial charge in [0, 0.05) is 0 Å². The van der Waals surface area contributed by atoms with Gasteiger partial charge in [-0.3, -0.25) is 4.72 Å². The fourth-order valence-electron chi connectivity index (χ4n) is 1.83. The van der Waals surface area contributed by atoms with Crippen molar-refractivity contribution in [2.75, 3.05) is 4.72 Å². The highest BCUT2D eigenvalue weighted by Crippen LogP contribution is 2.24. The normalized spacial score (nSPS) is 12.2. The van der Waals surface area contributed by atoms with Gasteiger partial charge in [0.05, 0.1) is 22.5 Å². The molecular weight excluding hydrogens is 286 g/mol. The van der Waals surface area contributed by atoms with Gasteiger partial charge < -0.3 is 0 Å². The number of nitrogens with zero attached hydrogens (tertiary/aromatic N) is 2. The smallest absolute Gasteiger partial charge is 0.262 e. The van der Waals surface area contributed by atoms with Gasteiger partial charge in [-0.2, -0.15) is 0 Å². The number of aromatic nitrogens is 2. The molecule has 0 amide bonds. The van der Waals surface area contributed by atoms with Crippen molar-refractivity contribution >= 4 is 15.7 Å². The lowest BCUT2D eigenvalue weighted by atomic mass is 9.87. The molecule has 0 fully saturated rings. The molecule has 0 aliphatic carbocycles. The molecule has 1 aromatic carbocycles. The van der Waals surface area contributed by atoms with E-state index in [-0.39, 0.29) is 10.3 Å². The maximum Gasteiger partial charge on any atom is 0.262 e. The number of hydrogen-bond acceptors (Lipinski definition) is 4. The molecule has 0 saturated carbocycles. The molecule has 2 rings (SSSR count). The Balaban J connectivity index is 2.30. The molecule has 2 aromatic rings. The molecule has 1 aromatic heterocycles. The van der Waals surface area contributed by atoms with Gasteiger partial charge in [0.15, 0.2) is 0 Å². The summed E-state index contributed by atoms with van der Waals surface area (Å²) in [5.41, 5.74) is 2.04. The second-order valence-corrected chi connectivity index (χ2v) is 7.58. The van der Waals surface area contributed by atoms with E-state index in [0.29, 0.717) is 11.4 Å². The van der Waals surface area contributed by atoms with E-state index in [1.807, 2.05) is 12.1 Å². The van der Waals surface area contributed by atoms with Gasteiger partial charge in [-0.05, 0) is 30.0 Å². The summed E-state index contributed by atoms with van der Waals surface area (Å²) in [4.78, 5) is 8.02. The Bertz CT molecular complexity index is 732. The molecule has 0 aliphatic heterocycles. The molecule has 21 heavy (non-hydrogen) atoms. The minimum Gasteiger partial charge on any atom is -0.276 e. The molecule has 112 valence electrons. The van der Waals surface area contributed by atoms with Gasteiger partial charge in [-0.15, -0.1) is 0 Å². The standard InChI is InChI=1S/C15H19N3O2S/c1-11-14(9-16-10-17-11)18-21(19,20)13-7-5-12(6-8-13)15(2,3)4/h5-10,18H,1-4H3. The lowest BCUT2D eigenvalue weighted by molar-refractivity contribution is 0.587. The van der Waals surface area contributed by atoms with E-state index >= 15 is 0 Å². The quantitative estimate of drug-likeness (QED) is 0.946. The summed E-state index contributed by atoms with van der Waals surface area (Å²) in [6.45, 7) is 7.97. The van der Waals surface area contributed by atoms with Crippen molar-refractivity contribution in [3.05, 3.63) is 48.0 Å². The number of anilines is 1. The molecule has 6 heteroatoms. The highest BCUT2D eigenvalue weighted by atomic mass is 32.2. The fourth-order valence-corrected chi connectivity index (χ4v) is 2.93. The summed E-state index contributed by atoms with van der Waals surface area (Å²) < 4.78 is 27.2. The molecule has 0 radical (unpaired) electrons. The maximum atomic E-state index is 12.3. The Morgan fingerprint density at radius 2 is 1.71 bits per heavy atom. The molecule has 0 bridgehead atoms. The first-order valence-corrected chi connectivity index (χ1v) is 8.08. The third kappa shape index (κ3) is 3.58. The summed E-state index contributed by atoms with van der Waals surface area (Å²) in [7, 11) is -3.63. The highest BCUT2D eigenvalue weighted by molar-refractivity contribution is 7.92. The monoisotopic (exact) mass is 305 g/mol. The van der Waals surface area contributed by atoms with Crippen molar-refractivity contribution in [3.63, 3.8) is 0 Å². The van der Waals surface area contributed by atoms with Gasteiger partial charge in [0.2, 0.25) is 0 Å². The average molecular weight is 305 g/mol. The van der Waals surface area contributed by atoms with E-state index in [0.717, 1.165) is 5.56 Å². The first kappa shape index (κ1) is 15.4. The number of rotatable bonds is 3. The van der Waals surface area contributed by atoms with E-state index in [2.05, 4.69) is 35.5 Å². The van der Waals surface area contributed by atoms with Crippen LogP contribution in [0.5, 0.6) is 0 Å². The molecule has 0 aliphatic rings. The van der Waals surface area contributed by atoms with Gasteiger partial charge in [0.1, 0.15) is 6.33 Å². The van der Waals surface area contributed by atoms with Crippen LogP contribution in [0.2, 0.25) is 0 Å². The summed E-state index contributed by atoms with van der Waals surface area (Å²) in [5, 5.41) is 0. The van der Waals surface area contributed by atoms with Gasteiger partial charge >= 0.3 is 0 Å². The molecule has 0 unspecified atom stereocenters. The van der Waals surface area contributed by atoms with Crippen LogP contribution in [-0.4, -0.2) is 18.4 Å². The molecular formula is C15H19N3O2S. The predicted octanol–water partition coefficient (Wildman–Crippen LogP) is 2.88. The Kier molecular flexibility index (Phi) is 4.00. The third-order valence-corrected chi connectivity index (χ3v) is 4.57. The zero-order valence-electron chi connectivity index (χ0n) is 12.6. The maximum absolute atomic E-state index is 12.3. The van der Waals surface area contributed by atoms with Gasteiger partial charge in [-0.1, -0.05) is 32.9 Å². The first-order chi connectivity index (χ1) is 9.70. The predicted molar refractivity (Wildman–Crippen MR) is 82.7 cm³/mol. The molecule has 0 saturated heterocycles. The zero-order chi connectivity index (χ0) is 15.7. The Hall–Kier alpha value is -1.95. The van der Waals surface area contributed by atoms with E-state index in [1.165, 1.54) is 12.5 Å². The van der Waals surface area contributed by atoms with Crippen molar-refractivity contribution in [3.8, 4) is 0 Å². The summed E-state index contributed by atoms with van der Waals surface area (Å²) in [5.74, 6) is 0. The lowest BCUT2D eigenvalue weighted by Gasteiger charge is -2.19. The number of nitrogens with one attached hydrogen (secondary N) is 1. The van der Waals surface area contributed by atoms with Crippen LogP contribution in [0.1, 0.15) is 32.0 Å². The van der Waals surface area contributed by atoms with Crippen molar-refractivity contribution in [1.29, 1.82) is 0 Å². The Morgan fingerprint density at radius 1 is 1.10 bits per heavy atom. The molecule has 5 nitrogen and oxygen atoms in total. The van der Waals surface area contributed by atoms with Crippen LogP contribution in [-0.2, 0) is 15.4 Å².